The zero-order valence-electron chi connectivity index (χ0n) is 15.8. The molecule has 2 saturated heterocycles. The fraction of sp³-hybridized carbons (Fsp3) is 0.500. The number of hydrogen-bond acceptors (Lipinski definition) is 8. The maximum absolute atomic E-state index is 13.2. The van der Waals surface area contributed by atoms with Crippen molar-refractivity contribution in [3.63, 3.8) is 0 Å². The number of amides is 2. The molecule has 10 nitrogen and oxygen atoms in total. The molecule has 0 radical (unpaired) electrons. The van der Waals surface area contributed by atoms with Gasteiger partial charge in [0.15, 0.2) is 5.25 Å². The van der Waals surface area contributed by atoms with Gasteiger partial charge in [-0.1, -0.05) is 30.0 Å². The molecule has 2 aliphatic heterocycles. The second-order valence-corrected chi connectivity index (χ2v) is 7.65. The van der Waals surface area contributed by atoms with Gasteiger partial charge in [0.2, 0.25) is 17.0 Å². The van der Waals surface area contributed by atoms with Gasteiger partial charge < -0.3 is 19.3 Å². The van der Waals surface area contributed by atoms with Crippen molar-refractivity contribution in [1.29, 1.82) is 0 Å². The molecule has 29 heavy (non-hydrogen) atoms. The van der Waals surface area contributed by atoms with E-state index in [0.717, 1.165) is 17.4 Å². The standard InChI is InChI=1S/C18H22N6O4S/c25-16(22-6-10-27-11-7-22)15(17(26)23-8-12-28-13-9-23)29-18-19-20-21-24(18)14-4-2-1-3-5-14/h1-5,15H,6-13H2. The van der Waals surface area contributed by atoms with Crippen LogP contribution in [0.1, 0.15) is 0 Å². The fourth-order valence-electron chi connectivity index (χ4n) is 3.19. The first-order valence-electron chi connectivity index (χ1n) is 9.47. The third-order valence-corrected chi connectivity index (χ3v) is 5.86. The van der Waals surface area contributed by atoms with Gasteiger partial charge in [-0.3, -0.25) is 9.59 Å². The topological polar surface area (TPSA) is 103 Å². The predicted molar refractivity (Wildman–Crippen MR) is 104 cm³/mol. The summed E-state index contributed by atoms with van der Waals surface area (Å²) < 4.78 is 12.2. The van der Waals surface area contributed by atoms with Crippen molar-refractivity contribution in [2.75, 3.05) is 52.6 Å². The molecule has 0 unspecified atom stereocenters. The molecule has 2 amide bonds. The Hall–Kier alpha value is -2.50. The fourth-order valence-corrected chi connectivity index (χ4v) is 4.23. The molecule has 154 valence electrons. The summed E-state index contributed by atoms with van der Waals surface area (Å²) >= 11 is 1.08. The van der Waals surface area contributed by atoms with Crippen LogP contribution in [0.4, 0.5) is 0 Å². The Morgan fingerprint density at radius 2 is 1.45 bits per heavy atom. The van der Waals surface area contributed by atoms with Crippen LogP contribution in [-0.4, -0.2) is 99.7 Å². The van der Waals surface area contributed by atoms with Crippen molar-refractivity contribution in [2.45, 2.75) is 10.4 Å². The highest BCUT2D eigenvalue weighted by molar-refractivity contribution is 8.01. The highest BCUT2D eigenvalue weighted by atomic mass is 32.2. The number of rotatable bonds is 5. The summed E-state index contributed by atoms with van der Waals surface area (Å²) in [4.78, 5) is 29.9. The first-order chi connectivity index (χ1) is 14.2. The van der Waals surface area contributed by atoms with Gasteiger partial charge in [0.25, 0.3) is 0 Å². The third-order valence-electron chi connectivity index (χ3n) is 4.76. The summed E-state index contributed by atoms with van der Waals surface area (Å²) in [6.45, 7) is 3.75. The highest BCUT2D eigenvalue weighted by Crippen LogP contribution is 2.26. The Labute approximate surface area is 172 Å². The van der Waals surface area contributed by atoms with Crippen molar-refractivity contribution in [3.8, 4) is 5.69 Å². The lowest BCUT2D eigenvalue weighted by Crippen LogP contribution is -2.52. The molecular formula is C18H22N6O4S. The van der Waals surface area contributed by atoms with Crippen LogP contribution >= 0.6 is 11.8 Å². The minimum absolute atomic E-state index is 0.239. The van der Waals surface area contributed by atoms with Crippen molar-refractivity contribution in [1.82, 2.24) is 30.0 Å². The molecule has 2 aliphatic rings. The summed E-state index contributed by atoms with van der Waals surface area (Å²) in [7, 11) is 0. The molecule has 0 bridgehead atoms. The van der Waals surface area contributed by atoms with E-state index in [1.165, 1.54) is 4.68 Å². The number of ether oxygens (including phenoxy) is 2. The van der Waals surface area contributed by atoms with Gasteiger partial charge in [-0.25, -0.2) is 0 Å². The second kappa shape index (κ2) is 9.33. The number of hydrogen-bond donors (Lipinski definition) is 0. The number of benzene rings is 1. The SMILES string of the molecule is O=C(C(Sc1nnnn1-c1ccccc1)C(=O)N1CCOCC1)N1CCOCC1. The van der Waals surface area contributed by atoms with Crippen LogP contribution in [0, 0.1) is 0 Å². The average molecular weight is 418 g/mol. The van der Waals surface area contributed by atoms with Crippen LogP contribution in [0.5, 0.6) is 0 Å². The van der Waals surface area contributed by atoms with Crippen molar-refractivity contribution < 1.29 is 19.1 Å². The molecule has 0 saturated carbocycles. The van der Waals surface area contributed by atoms with Gasteiger partial charge in [0.05, 0.1) is 32.1 Å². The molecule has 0 spiro atoms. The van der Waals surface area contributed by atoms with Crippen molar-refractivity contribution in [2.24, 2.45) is 0 Å². The number of nitrogens with zero attached hydrogens (tertiary/aromatic N) is 6. The number of aromatic nitrogens is 4. The van der Waals surface area contributed by atoms with E-state index in [-0.39, 0.29) is 11.8 Å². The molecule has 0 atom stereocenters. The van der Waals surface area contributed by atoms with E-state index in [1.54, 1.807) is 9.80 Å². The largest absolute Gasteiger partial charge is 0.378 e. The zero-order chi connectivity index (χ0) is 20.1. The van der Waals surface area contributed by atoms with E-state index in [1.807, 2.05) is 30.3 Å². The van der Waals surface area contributed by atoms with E-state index < -0.39 is 5.25 Å². The van der Waals surface area contributed by atoms with E-state index in [9.17, 15) is 9.59 Å². The average Bonchev–Trinajstić information content (AvgIpc) is 3.27. The summed E-state index contributed by atoms with van der Waals surface area (Å²) in [6, 6.07) is 9.38. The molecule has 0 N–H and O–H groups in total. The predicted octanol–water partition coefficient (Wildman–Crippen LogP) is -0.159. The first-order valence-corrected chi connectivity index (χ1v) is 10.4. The van der Waals surface area contributed by atoms with Gasteiger partial charge in [-0.05, 0) is 22.6 Å². The van der Waals surface area contributed by atoms with Crippen molar-refractivity contribution in [3.05, 3.63) is 30.3 Å². The number of thioether (sulfide) groups is 1. The molecule has 1 aromatic carbocycles. The smallest absolute Gasteiger partial charge is 0.245 e. The number of tetrazole rings is 1. The lowest BCUT2D eigenvalue weighted by atomic mass is 10.2. The molecule has 1 aromatic heterocycles. The minimum atomic E-state index is -0.959. The summed E-state index contributed by atoms with van der Waals surface area (Å²) in [5.41, 5.74) is 0.761. The lowest BCUT2D eigenvalue weighted by Gasteiger charge is -2.33. The van der Waals surface area contributed by atoms with E-state index >= 15 is 0 Å². The van der Waals surface area contributed by atoms with Crippen LogP contribution < -0.4 is 0 Å². The maximum atomic E-state index is 13.2. The van der Waals surface area contributed by atoms with Gasteiger partial charge in [-0.15, -0.1) is 5.10 Å². The third kappa shape index (κ3) is 4.57. The number of carbonyl (C=O) groups excluding carboxylic acids is 2. The van der Waals surface area contributed by atoms with Crippen LogP contribution in [-0.2, 0) is 19.1 Å². The van der Waals surface area contributed by atoms with E-state index in [2.05, 4.69) is 15.5 Å². The minimum Gasteiger partial charge on any atom is -0.378 e. The van der Waals surface area contributed by atoms with Crippen LogP contribution in [0.2, 0.25) is 0 Å². The Balaban J connectivity index is 1.59. The zero-order valence-corrected chi connectivity index (χ0v) is 16.7. The number of para-hydroxylation sites is 1. The van der Waals surface area contributed by atoms with Crippen LogP contribution in [0.25, 0.3) is 5.69 Å². The molecule has 2 fully saturated rings. The molecule has 3 heterocycles. The van der Waals surface area contributed by atoms with Gasteiger partial charge in [0.1, 0.15) is 0 Å². The Morgan fingerprint density at radius 3 is 2.00 bits per heavy atom. The number of morpholine rings is 2. The Bertz CT molecular complexity index is 806. The summed E-state index contributed by atoms with van der Waals surface area (Å²) in [6.07, 6.45) is 0. The molecule has 4 rings (SSSR count). The monoisotopic (exact) mass is 418 g/mol. The Morgan fingerprint density at radius 1 is 0.897 bits per heavy atom. The quantitative estimate of drug-likeness (QED) is 0.488. The second-order valence-electron chi connectivity index (χ2n) is 6.58. The molecule has 11 heteroatoms. The highest BCUT2D eigenvalue weighted by Gasteiger charge is 2.37. The number of carbonyl (C=O) groups is 2. The van der Waals surface area contributed by atoms with E-state index in [4.69, 9.17) is 9.47 Å². The maximum Gasteiger partial charge on any atom is 0.245 e. The lowest BCUT2D eigenvalue weighted by molar-refractivity contribution is -0.144. The Kier molecular flexibility index (Phi) is 6.37. The normalized spacial score (nSPS) is 17.6. The summed E-state index contributed by atoms with van der Waals surface area (Å²) in [5.74, 6) is -0.477. The van der Waals surface area contributed by atoms with Gasteiger partial charge in [0, 0.05) is 26.2 Å². The van der Waals surface area contributed by atoms with Crippen LogP contribution in [0.3, 0.4) is 0 Å². The molecule has 2 aromatic rings. The van der Waals surface area contributed by atoms with E-state index in [0.29, 0.717) is 57.8 Å². The van der Waals surface area contributed by atoms with Crippen molar-refractivity contribution >= 4 is 23.6 Å². The van der Waals surface area contributed by atoms with Gasteiger partial charge >= 0.3 is 0 Å². The first kappa shape index (κ1) is 19.8. The molecule has 0 aliphatic carbocycles. The van der Waals surface area contributed by atoms with Gasteiger partial charge in [-0.2, -0.15) is 4.68 Å². The summed E-state index contributed by atoms with van der Waals surface area (Å²) in [5, 5.41) is 11.3. The van der Waals surface area contributed by atoms with Crippen LogP contribution in [0.15, 0.2) is 35.5 Å². The molecular weight excluding hydrogens is 396 g/mol.